The first kappa shape index (κ1) is 19.6. The molecule has 1 aliphatic rings. The van der Waals surface area contributed by atoms with Gasteiger partial charge in [0.05, 0.1) is 29.5 Å². The summed E-state index contributed by atoms with van der Waals surface area (Å²) >= 11 is 12.1. The summed E-state index contributed by atoms with van der Waals surface area (Å²) in [6.45, 7) is 3.01. The quantitative estimate of drug-likeness (QED) is 0.660. The number of amides is 1. The summed E-state index contributed by atoms with van der Waals surface area (Å²) in [6, 6.07) is 16.1. The second kappa shape index (κ2) is 8.78. The van der Waals surface area contributed by atoms with E-state index in [-0.39, 0.29) is 5.91 Å². The number of carbonyl (C=O) groups is 1. The molecule has 1 N–H and O–H groups in total. The monoisotopic (exact) mass is 428 g/mol. The first-order valence-electron chi connectivity index (χ1n) is 9.13. The lowest BCUT2D eigenvalue weighted by Crippen LogP contribution is -2.36. The molecular weight excluding hydrogens is 411 g/mol. The number of anilines is 2. The van der Waals surface area contributed by atoms with E-state index in [0.29, 0.717) is 34.5 Å². The zero-order valence-corrected chi connectivity index (χ0v) is 17.0. The lowest BCUT2D eigenvalue weighted by Gasteiger charge is -2.27. The number of aromatic nitrogens is 2. The predicted molar refractivity (Wildman–Crippen MR) is 115 cm³/mol. The minimum absolute atomic E-state index is 0.319. The largest absolute Gasteiger partial charge is 0.378 e. The first-order chi connectivity index (χ1) is 14.1. The number of rotatable bonds is 4. The van der Waals surface area contributed by atoms with E-state index >= 15 is 0 Å². The maximum atomic E-state index is 12.6. The highest BCUT2D eigenvalue weighted by Crippen LogP contribution is 2.25. The number of morpholine rings is 1. The molecule has 8 heteroatoms. The molecule has 1 amide bonds. The zero-order valence-electron chi connectivity index (χ0n) is 15.4. The third-order valence-electron chi connectivity index (χ3n) is 4.57. The van der Waals surface area contributed by atoms with Crippen molar-refractivity contribution in [2.24, 2.45) is 0 Å². The summed E-state index contributed by atoms with van der Waals surface area (Å²) in [7, 11) is 0. The standard InChI is InChI=1S/C21H18Cl2N4O2/c22-15-4-5-18(23)17(13-15)21(28)24-16-3-1-2-14(12-16)19-6-7-20(26-25-19)27-8-10-29-11-9-27/h1-7,12-13H,8-11H2,(H,24,28). The van der Waals surface area contributed by atoms with Crippen LogP contribution in [0.25, 0.3) is 11.3 Å². The summed E-state index contributed by atoms with van der Waals surface area (Å²) in [5.74, 6) is 0.500. The van der Waals surface area contributed by atoms with Crippen LogP contribution in [0.2, 0.25) is 10.0 Å². The summed E-state index contributed by atoms with van der Waals surface area (Å²) < 4.78 is 5.36. The first-order valence-corrected chi connectivity index (χ1v) is 9.89. The van der Waals surface area contributed by atoms with Gasteiger partial charge in [0.1, 0.15) is 0 Å². The number of nitrogens with zero attached hydrogens (tertiary/aromatic N) is 3. The molecule has 0 bridgehead atoms. The van der Waals surface area contributed by atoms with E-state index in [0.717, 1.165) is 30.2 Å². The summed E-state index contributed by atoms with van der Waals surface area (Å²) in [5.41, 5.74) is 2.52. The second-order valence-corrected chi connectivity index (χ2v) is 7.38. The van der Waals surface area contributed by atoms with E-state index < -0.39 is 0 Å². The Labute approximate surface area is 178 Å². The van der Waals surface area contributed by atoms with Gasteiger partial charge in [-0.15, -0.1) is 10.2 Å². The van der Waals surface area contributed by atoms with Crippen LogP contribution in [-0.2, 0) is 4.74 Å². The Balaban J connectivity index is 1.51. The van der Waals surface area contributed by atoms with Crippen molar-refractivity contribution in [3.05, 3.63) is 70.2 Å². The number of nitrogens with one attached hydrogen (secondary N) is 1. The fourth-order valence-corrected chi connectivity index (χ4v) is 3.44. The third-order valence-corrected chi connectivity index (χ3v) is 5.14. The van der Waals surface area contributed by atoms with Crippen molar-refractivity contribution in [2.75, 3.05) is 36.5 Å². The Morgan fingerprint density at radius 2 is 1.83 bits per heavy atom. The lowest BCUT2D eigenvalue weighted by atomic mass is 10.1. The van der Waals surface area contributed by atoms with Crippen LogP contribution in [0.1, 0.15) is 10.4 Å². The molecule has 148 valence electrons. The SMILES string of the molecule is O=C(Nc1cccc(-c2ccc(N3CCOCC3)nn2)c1)c1cc(Cl)ccc1Cl. The molecule has 1 aliphatic heterocycles. The average molecular weight is 429 g/mol. The van der Waals surface area contributed by atoms with Gasteiger partial charge in [0, 0.05) is 29.4 Å². The molecule has 1 aromatic heterocycles. The average Bonchev–Trinajstić information content (AvgIpc) is 2.76. The predicted octanol–water partition coefficient (Wildman–Crippen LogP) is 4.54. The van der Waals surface area contributed by atoms with E-state index in [2.05, 4.69) is 20.4 Å². The molecule has 0 aliphatic carbocycles. The van der Waals surface area contributed by atoms with E-state index in [1.807, 2.05) is 30.3 Å². The number of halogens is 2. The van der Waals surface area contributed by atoms with E-state index in [1.54, 1.807) is 24.3 Å². The number of carbonyl (C=O) groups excluding carboxylic acids is 1. The maximum absolute atomic E-state index is 12.6. The van der Waals surface area contributed by atoms with Crippen molar-refractivity contribution in [2.45, 2.75) is 0 Å². The molecule has 0 spiro atoms. The van der Waals surface area contributed by atoms with E-state index in [1.165, 1.54) is 0 Å². The molecular formula is C21H18Cl2N4O2. The van der Waals surface area contributed by atoms with Gasteiger partial charge in [-0.3, -0.25) is 4.79 Å². The van der Waals surface area contributed by atoms with Crippen molar-refractivity contribution in [1.82, 2.24) is 10.2 Å². The summed E-state index contributed by atoms with van der Waals surface area (Å²) in [6.07, 6.45) is 0. The van der Waals surface area contributed by atoms with Gasteiger partial charge in [-0.1, -0.05) is 35.3 Å². The molecule has 29 heavy (non-hydrogen) atoms. The van der Waals surface area contributed by atoms with Crippen LogP contribution in [0, 0.1) is 0 Å². The Bertz CT molecular complexity index is 1020. The van der Waals surface area contributed by atoms with Crippen LogP contribution >= 0.6 is 23.2 Å². The van der Waals surface area contributed by atoms with Crippen molar-refractivity contribution in [3.8, 4) is 11.3 Å². The van der Waals surface area contributed by atoms with E-state index in [9.17, 15) is 4.79 Å². The summed E-state index contributed by atoms with van der Waals surface area (Å²) in [4.78, 5) is 14.7. The topological polar surface area (TPSA) is 67.4 Å². The molecule has 0 radical (unpaired) electrons. The van der Waals surface area contributed by atoms with Crippen LogP contribution in [0.4, 0.5) is 11.5 Å². The highest BCUT2D eigenvalue weighted by atomic mass is 35.5. The van der Waals surface area contributed by atoms with E-state index in [4.69, 9.17) is 27.9 Å². The van der Waals surface area contributed by atoms with Crippen molar-refractivity contribution in [1.29, 1.82) is 0 Å². The number of benzene rings is 2. The van der Waals surface area contributed by atoms with Gasteiger partial charge in [0.2, 0.25) is 0 Å². The van der Waals surface area contributed by atoms with Gasteiger partial charge < -0.3 is 15.0 Å². The third kappa shape index (κ3) is 4.67. The molecule has 0 unspecified atom stereocenters. The Morgan fingerprint density at radius 3 is 2.59 bits per heavy atom. The molecule has 3 aromatic rings. The molecule has 1 fully saturated rings. The Hall–Kier alpha value is -2.67. The molecule has 2 aromatic carbocycles. The molecule has 0 atom stereocenters. The number of hydrogen-bond acceptors (Lipinski definition) is 5. The van der Waals surface area contributed by atoms with Gasteiger partial charge >= 0.3 is 0 Å². The normalized spacial score (nSPS) is 13.9. The minimum atomic E-state index is -0.330. The highest BCUT2D eigenvalue weighted by molar-refractivity contribution is 6.36. The molecule has 0 saturated carbocycles. The molecule has 6 nitrogen and oxygen atoms in total. The summed E-state index contributed by atoms with van der Waals surface area (Å²) in [5, 5.41) is 12.3. The maximum Gasteiger partial charge on any atom is 0.257 e. The minimum Gasteiger partial charge on any atom is -0.378 e. The van der Waals surface area contributed by atoms with Gasteiger partial charge in [0.15, 0.2) is 5.82 Å². The molecule has 1 saturated heterocycles. The second-order valence-electron chi connectivity index (χ2n) is 6.54. The van der Waals surface area contributed by atoms with Crippen LogP contribution < -0.4 is 10.2 Å². The van der Waals surface area contributed by atoms with Crippen molar-refractivity contribution >= 4 is 40.6 Å². The molecule has 2 heterocycles. The van der Waals surface area contributed by atoms with Crippen LogP contribution in [-0.4, -0.2) is 42.4 Å². The number of ether oxygens (including phenoxy) is 1. The smallest absolute Gasteiger partial charge is 0.257 e. The van der Waals surface area contributed by atoms with Crippen molar-refractivity contribution < 1.29 is 9.53 Å². The lowest BCUT2D eigenvalue weighted by molar-refractivity contribution is 0.102. The van der Waals surface area contributed by atoms with Crippen molar-refractivity contribution in [3.63, 3.8) is 0 Å². The zero-order chi connectivity index (χ0) is 20.2. The van der Waals surface area contributed by atoms with Gasteiger partial charge in [-0.05, 0) is 42.5 Å². The van der Waals surface area contributed by atoms with Crippen LogP contribution in [0.5, 0.6) is 0 Å². The van der Waals surface area contributed by atoms with Gasteiger partial charge in [-0.25, -0.2) is 0 Å². The molecule has 4 rings (SSSR count). The van der Waals surface area contributed by atoms with Gasteiger partial charge in [-0.2, -0.15) is 0 Å². The Kier molecular flexibility index (Phi) is 5.94. The fourth-order valence-electron chi connectivity index (χ4n) is 3.07. The number of hydrogen-bond donors (Lipinski definition) is 1. The van der Waals surface area contributed by atoms with Crippen LogP contribution in [0.15, 0.2) is 54.6 Å². The Morgan fingerprint density at radius 1 is 1.00 bits per heavy atom. The van der Waals surface area contributed by atoms with Gasteiger partial charge in [0.25, 0.3) is 5.91 Å². The fraction of sp³-hybridized carbons (Fsp3) is 0.190. The highest BCUT2D eigenvalue weighted by Gasteiger charge is 2.14. The van der Waals surface area contributed by atoms with Crippen LogP contribution in [0.3, 0.4) is 0 Å².